The van der Waals surface area contributed by atoms with Gasteiger partial charge in [0.25, 0.3) is 11.8 Å². The molecule has 0 aliphatic carbocycles. The van der Waals surface area contributed by atoms with E-state index < -0.39 is 0 Å². The van der Waals surface area contributed by atoms with Crippen molar-refractivity contribution in [1.82, 2.24) is 4.90 Å². The molecule has 4 heteroatoms. The number of amides is 2. The third-order valence-electron chi connectivity index (χ3n) is 5.17. The summed E-state index contributed by atoms with van der Waals surface area (Å²) < 4.78 is 0. The van der Waals surface area contributed by atoms with Crippen LogP contribution in [0.5, 0.6) is 0 Å². The highest BCUT2D eigenvalue weighted by Gasteiger charge is 2.30. The van der Waals surface area contributed by atoms with Gasteiger partial charge in [0.1, 0.15) is 0 Å². The fourth-order valence-electron chi connectivity index (χ4n) is 3.85. The van der Waals surface area contributed by atoms with Crippen LogP contribution in [0.15, 0.2) is 48.5 Å². The molecule has 128 valence electrons. The standard InChI is InChI=1S/C21H22N2O2/c24-20(16-8-3-1-4-9-16)23-15-12-17-18(10-7-11-19(17)23)21(25)22-13-5-2-6-14-22/h1,3-4,7-11H,2,5-6,12-15H2. The summed E-state index contributed by atoms with van der Waals surface area (Å²) in [6, 6.07) is 15.1. The van der Waals surface area contributed by atoms with Crippen molar-refractivity contribution in [2.75, 3.05) is 24.5 Å². The van der Waals surface area contributed by atoms with E-state index in [2.05, 4.69) is 0 Å². The van der Waals surface area contributed by atoms with Crippen LogP contribution in [0.1, 0.15) is 45.5 Å². The number of nitrogens with zero attached hydrogens (tertiary/aromatic N) is 2. The van der Waals surface area contributed by atoms with Gasteiger partial charge in [-0.1, -0.05) is 24.3 Å². The number of hydrogen-bond donors (Lipinski definition) is 0. The number of fused-ring (bicyclic) bond motifs is 1. The van der Waals surface area contributed by atoms with Crippen LogP contribution in [0.2, 0.25) is 0 Å². The van der Waals surface area contributed by atoms with Crippen molar-refractivity contribution >= 4 is 17.5 Å². The molecule has 4 rings (SSSR count). The molecule has 25 heavy (non-hydrogen) atoms. The molecule has 0 N–H and O–H groups in total. The van der Waals surface area contributed by atoms with Crippen molar-refractivity contribution in [2.24, 2.45) is 0 Å². The molecule has 1 saturated heterocycles. The van der Waals surface area contributed by atoms with E-state index >= 15 is 0 Å². The molecule has 1 fully saturated rings. The number of rotatable bonds is 2. The Morgan fingerprint density at radius 2 is 1.52 bits per heavy atom. The SMILES string of the molecule is O=C(c1cccc2c1CCN2C(=O)c1ccccc1)N1CCCCC1. The molecular weight excluding hydrogens is 312 g/mol. The van der Waals surface area contributed by atoms with E-state index in [0.29, 0.717) is 12.1 Å². The lowest BCUT2D eigenvalue weighted by atomic mass is 10.0. The molecule has 0 bridgehead atoms. The third kappa shape index (κ3) is 2.93. The number of hydrogen-bond acceptors (Lipinski definition) is 2. The lowest BCUT2D eigenvalue weighted by Crippen LogP contribution is -2.36. The van der Waals surface area contributed by atoms with Gasteiger partial charge in [0, 0.05) is 36.4 Å². The average Bonchev–Trinajstić information content (AvgIpc) is 3.12. The third-order valence-corrected chi connectivity index (χ3v) is 5.17. The highest BCUT2D eigenvalue weighted by Crippen LogP contribution is 2.32. The van der Waals surface area contributed by atoms with Crippen LogP contribution < -0.4 is 4.90 Å². The summed E-state index contributed by atoms with van der Waals surface area (Å²) in [4.78, 5) is 29.5. The van der Waals surface area contributed by atoms with Crippen molar-refractivity contribution in [2.45, 2.75) is 25.7 Å². The number of benzene rings is 2. The summed E-state index contributed by atoms with van der Waals surface area (Å²) in [5.41, 5.74) is 3.35. The van der Waals surface area contributed by atoms with Crippen LogP contribution in [-0.2, 0) is 6.42 Å². The van der Waals surface area contributed by atoms with E-state index in [1.807, 2.05) is 53.4 Å². The first kappa shape index (κ1) is 15.9. The predicted molar refractivity (Wildman–Crippen MR) is 98.0 cm³/mol. The monoisotopic (exact) mass is 334 g/mol. The lowest BCUT2D eigenvalue weighted by Gasteiger charge is -2.27. The van der Waals surface area contributed by atoms with Crippen molar-refractivity contribution in [3.63, 3.8) is 0 Å². The molecule has 0 radical (unpaired) electrons. The molecular formula is C21H22N2O2. The van der Waals surface area contributed by atoms with Gasteiger partial charge in [-0.15, -0.1) is 0 Å². The fraction of sp³-hybridized carbons (Fsp3) is 0.333. The minimum Gasteiger partial charge on any atom is -0.339 e. The van der Waals surface area contributed by atoms with Gasteiger partial charge in [0.15, 0.2) is 0 Å². The van der Waals surface area contributed by atoms with E-state index in [1.54, 1.807) is 4.90 Å². The Labute approximate surface area is 148 Å². The molecule has 0 spiro atoms. The molecule has 2 aliphatic rings. The van der Waals surface area contributed by atoms with Crippen molar-refractivity contribution in [3.8, 4) is 0 Å². The Morgan fingerprint density at radius 3 is 2.28 bits per heavy atom. The normalized spacial score (nSPS) is 16.6. The van der Waals surface area contributed by atoms with E-state index in [-0.39, 0.29) is 11.8 Å². The summed E-state index contributed by atoms with van der Waals surface area (Å²) in [6.07, 6.45) is 4.11. The number of likely N-dealkylation sites (tertiary alicyclic amines) is 1. The van der Waals surface area contributed by atoms with E-state index in [0.717, 1.165) is 49.2 Å². The molecule has 2 amide bonds. The summed E-state index contributed by atoms with van der Waals surface area (Å²) in [7, 11) is 0. The molecule has 2 aromatic rings. The van der Waals surface area contributed by atoms with Crippen LogP contribution in [0.25, 0.3) is 0 Å². The van der Waals surface area contributed by atoms with Gasteiger partial charge in [0.05, 0.1) is 0 Å². The Kier molecular flexibility index (Phi) is 4.26. The number of carbonyl (C=O) groups is 2. The summed E-state index contributed by atoms with van der Waals surface area (Å²) in [5, 5.41) is 0. The largest absolute Gasteiger partial charge is 0.339 e. The van der Waals surface area contributed by atoms with Crippen LogP contribution in [0.4, 0.5) is 5.69 Å². The first-order valence-corrected chi connectivity index (χ1v) is 9.04. The quantitative estimate of drug-likeness (QED) is 0.843. The number of anilines is 1. The highest BCUT2D eigenvalue weighted by atomic mass is 16.2. The second-order valence-electron chi connectivity index (χ2n) is 6.73. The summed E-state index contributed by atoms with van der Waals surface area (Å²) >= 11 is 0. The van der Waals surface area contributed by atoms with Gasteiger partial charge in [-0.2, -0.15) is 0 Å². The molecule has 0 saturated carbocycles. The van der Waals surface area contributed by atoms with Crippen LogP contribution in [-0.4, -0.2) is 36.3 Å². The molecule has 0 aromatic heterocycles. The fourth-order valence-corrected chi connectivity index (χ4v) is 3.85. The predicted octanol–water partition coefficient (Wildman–Crippen LogP) is 3.52. The van der Waals surface area contributed by atoms with Crippen molar-refractivity contribution in [3.05, 3.63) is 65.2 Å². The zero-order chi connectivity index (χ0) is 17.2. The maximum absolute atomic E-state index is 12.9. The first-order valence-electron chi connectivity index (χ1n) is 9.04. The topological polar surface area (TPSA) is 40.6 Å². The van der Waals surface area contributed by atoms with Gasteiger partial charge in [-0.05, 0) is 55.5 Å². The highest BCUT2D eigenvalue weighted by molar-refractivity contribution is 6.08. The molecule has 2 aliphatic heterocycles. The summed E-state index contributed by atoms with van der Waals surface area (Å²) in [6.45, 7) is 2.32. The molecule has 4 nitrogen and oxygen atoms in total. The second-order valence-corrected chi connectivity index (χ2v) is 6.73. The van der Waals surface area contributed by atoms with Crippen LogP contribution in [0.3, 0.4) is 0 Å². The van der Waals surface area contributed by atoms with Gasteiger partial charge >= 0.3 is 0 Å². The molecule has 0 unspecified atom stereocenters. The van der Waals surface area contributed by atoms with Crippen molar-refractivity contribution in [1.29, 1.82) is 0 Å². The molecule has 2 aromatic carbocycles. The smallest absolute Gasteiger partial charge is 0.258 e. The Morgan fingerprint density at radius 1 is 0.760 bits per heavy atom. The first-order chi connectivity index (χ1) is 12.3. The maximum atomic E-state index is 12.9. The van der Waals surface area contributed by atoms with E-state index in [4.69, 9.17) is 0 Å². The second kappa shape index (κ2) is 6.71. The minimum atomic E-state index is 0.00178. The Bertz CT molecular complexity index is 795. The maximum Gasteiger partial charge on any atom is 0.258 e. The van der Waals surface area contributed by atoms with Crippen molar-refractivity contribution < 1.29 is 9.59 Å². The Balaban J connectivity index is 1.63. The summed E-state index contributed by atoms with van der Waals surface area (Å²) in [5.74, 6) is 0.118. The zero-order valence-electron chi connectivity index (χ0n) is 14.3. The Hall–Kier alpha value is -2.62. The number of piperidine rings is 1. The van der Waals surface area contributed by atoms with Crippen LogP contribution in [0, 0.1) is 0 Å². The van der Waals surface area contributed by atoms with Gasteiger partial charge in [-0.3, -0.25) is 9.59 Å². The number of carbonyl (C=O) groups excluding carboxylic acids is 2. The molecule has 0 atom stereocenters. The minimum absolute atomic E-state index is 0.00178. The van der Waals surface area contributed by atoms with Crippen LogP contribution >= 0.6 is 0 Å². The van der Waals surface area contributed by atoms with Gasteiger partial charge in [0.2, 0.25) is 0 Å². The van der Waals surface area contributed by atoms with Gasteiger partial charge in [-0.25, -0.2) is 0 Å². The molecule has 2 heterocycles. The van der Waals surface area contributed by atoms with E-state index in [1.165, 1.54) is 6.42 Å². The lowest BCUT2D eigenvalue weighted by molar-refractivity contribution is 0.0723. The average molecular weight is 334 g/mol. The zero-order valence-corrected chi connectivity index (χ0v) is 14.3. The van der Waals surface area contributed by atoms with Gasteiger partial charge < -0.3 is 9.80 Å². The van der Waals surface area contributed by atoms with E-state index in [9.17, 15) is 9.59 Å².